The Morgan fingerprint density at radius 1 is 1.07 bits per heavy atom. The summed E-state index contributed by atoms with van der Waals surface area (Å²) in [5.74, 6) is -1.16. The van der Waals surface area contributed by atoms with E-state index in [4.69, 9.17) is 26.1 Å². The molecule has 214 valence electrons. The van der Waals surface area contributed by atoms with E-state index < -0.39 is 12.0 Å². The highest BCUT2D eigenvalue weighted by molar-refractivity contribution is 8.16. The van der Waals surface area contributed by atoms with Crippen LogP contribution in [-0.4, -0.2) is 52.5 Å². The van der Waals surface area contributed by atoms with Gasteiger partial charge in [-0.1, -0.05) is 71.9 Å². The van der Waals surface area contributed by atoms with Crippen LogP contribution in [0.4, 0.5) is 0 Å². The van der Waals surface area contributed by atoms with Crippen LogP contribution in [0.2, 0.25) is 5.02 Å². The lowest BCUT2D eigenvalue weighted by Gasteiger charge is -2.37. The van der Waals surface area contributed by atoms with Crippen molar-refractivity contribution in [2.75, 3.05) is 19.7 Å². The number of aliphatic imine (C=N–C) groups is 1. The first-order valence-electron chi connectivity index (χ1n) is 13.7. The van der Waals surface area contributed by atoms with Crippen LogP contribution in [0.3, 0.4) is 0 Å². The van der Waals surface area contributed by atoms with Gasteiger partial charge >= 0.3 is 11.9 Å². The molecule has 10 heteroatoms. The number of amides is 1. The van der Waals surface area contributed by atoms with E-state index in [2.05, 4.69) is 0 Å². The molecule has 3 aliphatic heterocycles. The van der Waals surface area contributed by atoms with Crippen molar-refractivity contribution in [2.24, 2.45) is 10.9 Å². The first kappa shape index (κ1) is 29.0. The van der Waals surface area contributed by atoms with E-state index in [1.54, 1.807) is 24.8 Å². The third-order valence-corrected chi connectivity index (χ3v) is 8.59. The van der Waals surface area contributed by atoms with Gasteiger partial charge in [0, 0.05) is 23.8 Å². The van der Waals surface area contributed by atoms with Gasteiger partial charge in [0.15, 0.2) is 5.17 Å². The van der Waals surface area contributed by atoms with Crippen LogP contribution in [-0.2, 0) is 30.5 Å². The van der Waals surface area contributed by atoms with Gasteiger partial charge < -0.3 is 19.3 Å². The highest BCUT2D eigenvalue weighted by atomic mass is 35.5. The topological polar surface area (TPSA) is 88.5 Å². The molecule has 0 bridgehead atoms. The number of amidine groups is 1. The first-order chi connectivity index (χ1) is 19.9. The Balaban J connectivity index is 1.40. The summed E-state index contributed by atoms with van der Waals surface area (Å²) in [7, 11) is 0. The van der Waals surface area contributed by atoms with E-state index >= 15 is 0 Å². The molecule has 41 heavy (non-hydrogen) atoms. The Morgan fingerprint density at radius 2 is 1.83 bits per heavy atom. The van der Waals surface area contributed by atoms with Crippen LogP contribution < -0.4 is 0 Å². The van der Waals surface area contributed by atoms with Gasteiger partial charge in [-0.25, -0.2) is 9.79 Å². The van der Waals surface area contributed by atoms with Gasteiger partial charge in [0.25, 0.3) is 0 Å². The molecule has 0 aromatic heterocycles. The molecule has 5 rings (SSSR count). The zero-order chi connectivity index (χ0) is 28.9. The van der Waals surface area contributed by atoms with Crippen molar-refractivity contribution in [3.05, 3.63) is 93.1 Å². The van der Waals surface area contributed by atoms with E-state index in [0.29, 0.717) is 58.8 Å². The van der Waals surface area contributed by atoms with Gasteiger partial charge in [-0.05, 0) is 49.3 Å². The molecule has 2 atom stereocenters. The number of fused-ring (bicyclic) bond motifs is 1. The number of likely N-dealkylation sites (tertiary alicyclic amines) is 1. The van der Waals surface area contributed by atoms with E-state index in [1.807, 2.05) is 58.8 Å². The molecular formula is C31H32ClN3O5S. The van der Waals surface area contributed by atoms with Gasteiger partial charge in [-0.3, -0.25) is 9.59 Å². The number of rotatable bonds is 8. The molecule has 0 unspecified atom stereocenters. The van der Waals surface area contributed by atoms with Crippen LogP contribution in [0.1, 0.15) is 50.3 Å². The minimum Gasteiger partial charge on any atom is -0.466 e. The van der Waals surface area contributed by atoms with Gasteiger partial charge in [0.1, 0.15) is 6.61 Å². The van der Waals surface area contributed by atoms with Gasteiger partial charge in [0.05, 0.1) is 36.3 Å². The second-order valence-corrected chi connectivity index (χ2v) is 11.3. The summed E-state index contributed by atoms with van der Waals surface area (Å²) in [5.41, 5.74) is 3.22. The zero-order valence-corrected chi connectivity index (χ0v) is 24.6. The number of benzene rings is 2. The number of piperidine rings is 1. The van der Waals surface area contributed by atoms with Crippen molar-refractivity contribution < 1.29 is 23.9 Å². The summed E-state index contributed by atoms with van der Waals surface area (Å²) in [6, 6.07) is 16.2. The number of carbonyl (C=O) groups is 3. The molecule has 0 N–H and O–H groups in total. The molecule has 1 amide bonds. The maximum Gasteiger partial charge on any atom is 0.338 e. The average molecular weight is 594 g/mol. The van der Waals surface area contributed by atoms with Crippen molar-refractivity contribution in [3.8, 4) is 0 Å². The molecule has 0 saturated carbocycles. The summed E-state index contributed by atoms with van der Waals surface area (Å²) in [4.78, 5) is 47.9. The molecule has 0 radical (unpaired) electrons. The van der Waals surface area contributed by atoms with E-state index in [9.17, 15) is 14.4 Å². The summed E-state index contributed by atoms with van der Waals surface area (Å²) in [5, 5.41) is 3.06. The van der Waals surface area contributed by atoms with Crippen molar-refractivity contribution in [1.82, 2.24) is 9.80 Å². The molecule has 8 nitrogen and oxygen atoms in total. The normalized spacial score (nSPS) is 20.3. The van der Waals surface area contributed by atoms with E-state index in [-0.39, 0.29) is 30.8 Å². The molecular weight excluding hydrogens is 562 g/mol. The smallest absolute Gasteiger partial charge is 0.338 e. The quantitative estimate of drug-likeness (QED) is 0.355. The number of hydrogen-bond acceptors (Lipinski definition) is 8. The lowest BCUT2D eigenvalue weighted by molar-refractivity contribution is -0.151. The standard InChI is InChI=1S/C31H32ClN3O5S/c1-3-39-29(37)22-12-9-15-34(17-22)26(36)16-23-19-41-31-33-20(2)27(30(38)40-18-21-10-5-4-6-11-21)28(35(23)31)24-13-7-8-14-25(24)32/h4-8,10-11,13-14,19,22,28H,3,9,12,15-18H2,1-2H3/t22-,28+/m0/s1. The Hall–Kier alpha value is -3.56. The van der Waals surface area contributed by atoms with Crippen molar-refractivity contribution in [1.29, 1.82) is 0 Å². The number of hydrogen-bond donors (Lipinski definition) is 0. The molecule has 0 spiro atoms. The summed E-state index contributed by atoms with van der Waals surface area (Å²) < 4.78 is 11.0. The predicted octanol–water partition coefficient (Wildman–Crippen LogP) is 5.85. The van der Waals surface area contributed by atoms with E-state index in [1.165, 1.54) is 11.8 Å². The van der Waals surface area contributed by atoms with E-state index in [0.717, 1.165) is 12.0 Å². The number of ether oxygens (including phenoxy) is 2. The average Bonchev–Trinajstić information content (AvgIpc) is 3.38. The fourth-order valence-corrected chi connectivity index (χ4v) is 6.55. The number of esters is 2. The molecule has 1 fully saturated rings. The number of nitrogens with zero attached hydrogens (tertiary/aromatic N) is 3. The number of allylic oxidation sites excluding steroid dienone is 1. The Morgan fingerprint density at radius 3 is 2.59 bits per heavy atom. The van der Waals surface area contributed by atoms with Gasteiger partial charge in [0.2, 0.25) is 5.91 Å². The molecule has 2 aromatic carbocycles. The first-order valence-corrected chi connectivity index (χ1v) is 15.0. The van der Waals surface area contributed by atoms with Crippen molar-refractivity contribution >= 4 is 46.4 Å². The summed E-state index contributed by atoms with van der Waals surface area (Å²) in [6.07, 6.45) is 1.53. The second-order valence-electron chi connectivity index (χ2n) is 10.1. The Bertz CT molecular complexity index is 1420. The molecule has 1 saturated heterocycles. The Kier molecular flexibility index (Phi) is 9.15. The maximum absolute atomic E-state index is 13.6. The molecule has 3 heterocycles. The van der Waals surface area contributed by atoms with Crippen molar-refractivity contribution in [3.63, 3.8) is 0 Å². The minimum absolute atomic E-state index is 0.0912. The largest absolute Gasteiger partial charge is 0.466 e. The van der Waals surface area contributed by atoms with Crippen molar-refractivity contribution in [2.45, 2.75) is 45.8 Å². The summed E-state index contributed by atoms with van der Waals surface area (Å²) >= 11 is 8.11. The van der Waals surface area contributed by atoms with Gasteiger partial charge in [-0.15, -0.1) is 0 Å². The van der Waals surface area contributed by atoms with Crippen LogP contribution >= 0.6 is 23.4 Å². The zero-order valence-electron chi connectivity index (χ0n) is 23.0. The second kappa shape index (κ2) is 13.0. The number of carbonyl (C=O) groups excluding carboxylic acids is 3. The van der Waals surface area contributed by atoms with Crippen LogP contribution in [0, 0.1) is 5.92 Å². The van der Waals surface area contributed by atoms with Gasteiger partial charge in [-0.2, -0.15) is 0 Å². The number of halogens is 1. The monoisotopic (exact) mass is 593 g/mol. The molecule has 3 aliphatic rings. The lowest BCUT2D eigenvalue weighted by Crippen LogP contribution is -2.44. The third-order valence-electron chi connectivity index (χ3n) is 7.36. The van der Waals surface area contributed by atoms with Crippen LogP contribution in [0.15, 0.2) is 82.0 Å². The Labute approximate surface area is 249 Å². The molecule has 0 aliphatic carbocycles. The highest BCUT2D eigenvalue weighted by Crippen LogP contribution is 2.46. The highest BCUT2D eigenvalue weighted by Gasteiger charge is 2.42. The lowest BCUT2D eigenvalue weighted by atomic mass is 9.93. The predicted molar refractivity (Wildman–Crippen MR) is 159 cm³/mol. The maximum atomic E-state index is 13.6. The minimum atomic E-state index is -0.623. The summed E-state index contributed by atoms with van der Waals surface area (Å²) in [6.45, 7) is 4.93. The molecule has 2 aromatic rings. The SMILES string of the molecule is CCOC(=O)[C@H]1CCCN(C(=O)CC2=CSC3=NC(C)=C(C(=O)OCc4ccccc4)[C@@H](c4ccccc4Cl)N23)C1. The third kappa shape index (κ3) is 6.36. The fraction of sp³-hybridized carbons (Fsp3) is 0.355. The van der Waals surface area contributed by atoms with Crippen LogP contribution in [0.5, 0.6) is 0 Å². The number of thioether (sulfide) groups is 1. The fourth-order valence-electron chi connectivity index (χ4n) is 5.35. The van der Waals surface area contributed by atoms with Crippen LogP contribution in [0.25, 0.3) is 0 Å².